The molecule has 0 amide bonds. The minimum absolute atomic E-state index is 0.172. The lowest BCUT2D eigenvalue weighted by Gasteiger charge is -1.98. The van der Waals surface area contributed by atoms with Crippen LogP contribution in [0.4, 0.5) is 0 Å². The average molecular weight is 268 g/mol. The first-order chi connectivity index (χ1) is 7.11. The molecule has 0 saturated heterocycles. The number of H-pyrrole nitrogens is 1. The van der Waals surface area contributed by atoms with E-state index in [0.29, 0.717) is 5.52 Å². The van der Waals surface area contributed by atoms with Gasteiger partial charge in [0.1, 0.15) is 0 Å². The van der Waals surface area contributed by atoms with Crippen LogP contribution in [0, 0.1) is 0 Å². The number of hydrogen-bond acceptors (Lipinski definition) is 2. The van der Waals surface area contributed by atoms with Gasteiger partial charge in [-0.1, -0.05) is 12.1 Å². The minimum atomic E-state index is -1.45. The zero-order chi connectivity index (χ0) is 11.0. The Morgan fingerprint density at radius 3 is 2.73 bits per heavy atom. The van der Waals surface area contributed by atoms with Gasteiger partial charge in [0.25, 0.3) is 5.78 Å². The Kier molecular flexibility index (Phi) is 2.32. The summed E-state index contributed by atoms with van der Waals surface area (Å²) >= 11 is 3.30. The van der Waals surface area contributed by atoms with Gasteiger partial charge in [-0.25, -0.2) is 4.79 Å². The summed E-state index contributed by atoms with van der Waals surface area (Å²) in [6.07, 6.45) is 1.67. The van der Waals surface area contributed by atoms with Crippen molar-refractivity contribution in [2.45, 2.75) is 0 Å². The summed E-state index contributed by atoms with van der Waals surface area (Å²) in [6, 6.07) is 4.94. The third-order valence-electron chi connectivity index (χ3n) is 2.10. The first kappa shape index (κ1) is 9.92. The Bertz CT molecular complexity index is 559. The van der Waals surface area contributed by atoms with Crippen LogP contribution in [0.5, 0.6) is 0 Å². The molecule has 0 bridgehead atoms. The zero-order valence-electron chi connectivity index (χ0n) is 7.45. The molecule has 0 spiro atoms. The fraction of sp³-hybridized carbons (Fsp3) is 0. The molecule has 76 valence electrons. The molecule has 2 aromatic rings. The predicted molar refractivity (Wildman–Crippen MR) is 58.0 cm³/mol. The van der Waals surface area contributed by atoms with Gasteiger partial charge in [-0.2, -0.15) is 0 Å². The lowest BCUT2D eigenvalue weighted by Crippen LogP contribution is -2.12. The number of hydrogen-bond donors (Lipinski definition) is 2. The molecule has 0 unspecified atom stereocenters. The number of Topliss-reactive ketones (excluding diaryl/α,β-unsaturated/α-hetero) is 1. The molecule has 1 aromatic heterocycles. The maximum atomic E-state index is 11.3. The summed E-state index contributed by atoms with van der Waals surface area (Å²) in [6.45, 7) is 0. The van der Waals surface area contributed by atoms with E-state index in [-0.39, 0.29) is 5.56 Å². The summed E-state index contributed by atoms with van der Waals surface area (Å²) in [5.74, 6) is -2.36. The topological polar surface area (TPSA) is 70.2 Å². The Hall–Kier alpha value is -1.62. The van der Waals surface area contributed by atoms with Crippen molar-refractivity contribution in [3.8, 4) is 0 Å². The monoisotopic (exact) mass is 267 g/mol. The lowest BCUT2D eigenvalue weighted by atomic mass is 10.1. The van der Waals surface area contributed by atoms with Crippen LogP contribution in [0.3, 0.4) is 0 Å². The molecule has 5 heteroatoms. The van der Waals surface area contributed by atoms with Gasteiger partial charge < -0.3 is 10.1 Å². The van der Waals surface area contributed by atoms with E-state index in [1.165, 1.54) is 6.07 Å². The second-order valence-corrected chi connectivity index (χ2v) is 3.85. The van der Waals surface area contributed by atoms with Crippen LogP contribution < -0.4 is 0 Å². The number of carbonyl (C=O) groups is 2. The normalized spacial score (nSPS) is 10.5. The molecule has 0 aliphatic heterocycles. The zero-order valence-corrected chi connectivity index (χ0v) is 9.04. The van der Waals surface area contributed by atoms with Gasteiger partial charge in [-0.15, -0.1) is 0 Å². The number of carboxylic acids is 1. The average Bonchev–Trinajstić information content (AvgIpc) is 2.59. The molecular formula is C10H6BrNO3. The largest absolute Gasteiger partial charge is 0.475 e. The number of ketones is 1. The van der Waals surface area contributed by atoms with Crippen molar-refractivity contribution in [1.29, 1.82) is 0 Å². The van der Waals surface area contributed by atoms with Gasteiger partial charge >= 0.3 is 5.97 Å². The highest BCUT2D eigenvalue weighted by atomic mass is 79.9. The first-order valence-corrected chi connectivity index (χ1v) is 4.94. The summed E-state index contributed by atoms with van der Waals surface area (Å²) in [5, 5.41) is 9.42. The van der Waals surface area contributed by atoms with Crippen LogP contribution in [0.15, 0.2) is 28.9 Å². The number of aromatic nitrogens is 1. The van der Waals surface area contributed by atoms with E-state index < -0.39 is 11.8 Å². The molecule has 1 heterocycles. The Morgan fingerprint density at radius 1 is 1.33 bits per heavy atom. The van der Waals surface area contributed by atoms with Crippen LogP contribution in [0.25, 0.3) is 10.9 Å². The Labute approximate surface area is 93.0 Å². The molecule has 0 fully saturated rings. The van der Waals surface area contributed by atoms with E-state index >= 15 is 0 Å². The Balaban J connectivity index is 2.71. The predicted octanol–water partition coefficient (Wildman–Crippen LogP) is 2.20. The maximum absolute atomic E-state index is 11.3. The molecule has 15 heavy (non-hydrogen) atoms. The number of aliphatic carboxylic acids is 1. The first-order valence-electron chi connectivity index (χ1n) is 4.14. The third-order valence-corrected chi connectivity index (χ3v) is 2.76. The summed E-state index contributed by atoms with van der Waals surface area (Å²) in [7, 11) is 0. The van der Waals surface area contributed by atoms with Crippen LogP contribution >= 0.6 is 15.9 Å². The van der Waals surface area contributed by atoms with Gasteiger partial charge in [0.05, 0.1) is 11.1 Å². The fourth-order valence-corrected chi connectivity index (χ4v) is 1.87. The van der Waals surface area contributed by atoms with E-state index in [0.717, 1.165) is 9.86 Å². The summed E-state index contributed by atoms with van der Waals surface area (Å²) < 4.78 is 0.803. The molecule has 0 aliphatic rings. The standard InChI is InChI=1S/C10H6BrNO3/c11-7-4-12-8-5(7)2-1-3-6(8)9(13)10(14)15/h1-4,12H,(H,14,15). The number of nitrogens with one attached hydrogen (secondary N) is 1. The van der Waals surface area contributed by atoms with E-state index in [9.17, 15) is 9.59 Å². The molecule has 0 saturated carbocycles. The lowest BCUT2D eigenvalue weighted by molar-refractivity contribution is -0.131. The van der Waals surface area contributed by atoms with E-state index in [1.807, 2.05) is 0 Å². The second kappa shape index (κ2) is 3.51. The smallest absolute Gasteiger partial charge is 0.377 e. The highest BCUT2D eigenvalue weighted by Crippen LogP contribution is 2.25. The number of carbonyl (C=O) groups excluding carboxylic acids is 1. The van der Waals surface area contributed by atoms with Crippen LogP contribution in [-0.2, 0) is 4.79 Å². The second-order valence-electron chi connectivity index (χ2n) is 3.00. The third kappa shape index (κ3) is 1.55. The SMILES string of the molecule is O=C(O)C(=O)c1cccc2c(Br)c[nH]c12. The summed E-state index contributed by atoms with van der Waals surface area (Å²) in [5.41, 5.74) is 0.711. The highest BCUT2D eigenvalue weighted by molar-refractivity contribution is 9.10. The number of fused-ring (bicyclic) bond motifs is 1. The number of carboxylic acid groups (broad SMARTS) is 1. The van der Waals surface area contributed by atoms with Crippen molar-refractivity contribution >= 4 is 38.6 Å². The molecule has 2 rings (SSSR count). The number of para-hydroxylation sites is 1. The van der Waals surface area contributed by atoms with Crippen LogP contribution in [0.1, 0.15) is 10.4 Å². The van der Waals surface area contributed by atoms with Crippen molar-refractivity contribution in [1.82, 2.24) is 4.98 Å². The minimum Gasteiger partial charge on any atom is -0.475 e. The highest BCUT2D eigenvalue weighted by Gasteiger charge is 2.18. The Morgan fingerprint density at radius 2 is 2.07 bits per heavy atom. The van der Waals surface area contributed by atoms with E-state index in [2.05, 4.69) is 20.9 Å². The molecular weight excluding hydrogens is 262 g/mol. The fourth-order valence-electron chi connectivity index (χ4n) is 1.42. The number of halogens is 1. The van der Waals surface area contributed by atoms with Crippen molar-refractivity contribution in [3.05, 3.63) is 34.4 Å². The number of aromatic amines is 1. The van der Waals surface area contributed by atoms with Gasteiger partial charge in [0.15, 0.2) is 0 Å². The van der Waals surface area contributed by atoms with Crippen molar-refractivity contribution in [2.24, 2.45) is 0 Å². The molecule has 0 aliphatic carbocycles. The van der Waals surface area contributed by atoms with Crippen LogP contribution in [0.2, 0.25) is 0 Å². The quantitative estimate of drug-likeness (QED) is 0.648. The van der Waals surface area contributed by atoms with E-state index in [1.54, 1.807) is 18.3 Å². The molecule has 1 aromatic carbocycles. The molecule has 0 radical (unpaired) electrons. The van der Waals surface area contributed by atoms with Crippen molar-refractivity contribution in [3.63, 3.8) is 0 Å². The summed E-state index contributed by atoms with van der Waals surface area (Å²) in [4.78, 5) is 24.8. The van der Waals surface area contributed by atoms with Gasteiger partial charge in [0, 0.05) is 16.1 Å². The van der Waals surface area contributed by atoms with Gasteiger partial charge in [-0.05, 0) is 22.0 Å². The van der Waals surface area contributed by atoms with Crippen molar-refractivity contribution in [2.75, 3.05) is 0 Å². The van der Waals surface area contributed by atoms with E-state index in [4.69, 9.17) is 5.11 Å². The van der Waals surface area contributed by atoms with Crippen LogP contribution in [-0.4, -0.2) is 21.8 Å². The van der Waals surface area contributed by atoms with Gasteiger partial charge in [0.2, 0.25) is 0 Å². The molecule has 4 nitrogen and oxygen atoms in total. The molecule has 0 atom stereocenters. The van der Waals surface area contributed by atoms with Crippen molar-refractivity contribution < 1.29 is 14.7 Å². The number of rotatable bonds is 2. The van der Waals surface area contributed by atoms with Gasteiger partial charge in [-0.3, -0.25) is 4.79 Å². The number of benzene rings is 1. The molecule has 2 N–H and O–H groups in total. The maximum Gasteiger partial charge on any atom is 0.377 e.